The van der Waals surface area contributed by atoms with Crippen LogP contribution in [0, 0.1) is 3.57 Å². The molecular formula is C25H23IN2O4. The Morgan fingerprint density at radius 3 is 2.34 bits per heavy atom. The molecule has 3 aromatic rings. The molecule has 0 aliphatic rings. The van der Waals surface area contributed by atoms with Gasteiger partial charge in [-0.15, -0.1) is 0 Å². The number of amides is 2. The molecule has 0 bridgehead atoms. The minimum absolute atomic E-state index is 0.102. The van der Waals surface area contributed by atoms with Gasteiger partial charge in [-0.25, -0.2) is 0 Å². The summed E-state index contributed by atoms with van der Waals surface area (Å²) in [6.45, 7) is 2.34. The zero-order chi connectivity index (χ0) is 22.9. The summed E-state index contributed by atoms with van der Waals surface area (Å²) in [7, 11) is 1.56. The number of methoxy groups -OCH3 is 1. The number of carbonyl (C=O) groups excluding carboxylic acids is 2. The fourth-order valence-electron chi connectivity index (χ4n) is 2.89. The Bertz CT molecular complexity index is 1110. The largest absolute Gasteiger partial charge is 0.493 e. The highest BCUT2D eigenvalue weighted by molar-refractivity contribution is 14.1. The van der Waals surface area contributed by atoms with Crippen LogP contribution >= 0.6 is 22.6 Å². The first-order chi connectivity index (χ1) is 15.5. The van der Waals surface area contributed by atoms with Crippen LogP contribution in [0.1, 0.15) is 22.8 Å². The number of rotatable bonds is 8. The molecule has 2 N–H and O–H groups in total. The fourth-order valence-corrected chi connectivity index (χ4v) is 3.25. The van der Waals surface area contributed by atoms with E-state index in [4.69, 9.17) is 9.47 Å². The molecule has 0 saturated heterocycles. The molecule has 2 amide bonds. The molecule has 3 rings (SSSR count). The quantitative estimate of drug-likeness (QED) is 0.307. The Kier molecular flexibility index (Phi) is 8.27. The van der Waals surface area contributed by atoms with Crippen LogP contribution in [0.2, 0.25) is 0 Å². The van der Waals surface area contributed by atoms with E-state index in [2.05, 4.69) is 33.2 Å². The monoisotopic (exact) mass is 542 g/mol. The molecule has 3 aromatic carbocycles. The van der Waals surface area contributed by atoms with Gasteiger partial charge in [0.1, 0.15) is 5.70 Å². The lowest BCUT2D eigenvalue weighted by Gasteiger charge is -2.13. The van der Waals surface area contributed by atoms with Crippen molar-refractivity contribution in [2.75, 3.05) is 19.0 Å². The molecule has 0 atom stereocenters. The second kappa shape index (κ2) is 11.3. The van der Waals surface area contributed by atoms with Gasteiger partial charge in [-0.1, -0.05) is 24.3 Å². The summed E-state index contributed by atoms with van der Waals surface area (Å²) in [5.74, 6) is 0.315. The lowest BCUT2D eigenvalue weighted by Crippen LogP contribution is -2.30. The molecule has 0 saturated carbocycles. The molecule has 0 heterocycles. The third kappa shape index (κ3) is 6.34. The van der Waals surface area contributed by atoms with Crippen LogP contribution in [0.25, 0.3) is 6.08 Å². The Hall–Kier alpha value is -3.33. The van der Waals surface area contributed by atoms with Crippen LogP contribution in [0.3, 0.4) is 0 Å². The van der Waals surface area contributed by atoms with Crippen molar-refractivity contribution < 1.29 is 19.1 Å². The number of halogens is 1. The number of hydrogen-bond acceptors (Lipinski definition) is 4. The van der Waals surface area contributed by atoms with Gasteiger partial charge in [-0.3, -0.25) is 9.59 Å². The maximum atomic E-state index is 13.1. The van der Waals surface area contributed by atoms with Crippen LogP contribution < -0.4 is 20.1 Å². The van der Waals surface area contributed by atoms with E-state index in [-0.39, 0.29) is 11.6 Å². The van der Waals surface area contributed by atoms with Gasteiger partial charge in [0, 0.05) is 14.8 Å². The van der Waals surface area contributed by atoms with Crippen molar-refractivity contribution >= 4 is 46.2 Å². The molecule has 0 spiro atoms. The van der Waals surface area contributed by atoms with Crippen molar-refractivity contribution in [3.63, 3.8) is 0 Å². The third-order valence-corrected chi connectivity index (χ3v) is 5.15. The Balaban J connectivity index is 1.93. The van der Waals surface area contributed by atoms with E-state index < -0.39 is 5.91 Å². The van der Waals surface area contributed by atoms with Gasteiger partial charge < -0.3 is 20.1 Å². The van der Waals surface area contributed by atoms with Crippen LogP contribution in [-0.2, 0) is 4.79 Å². The van der Waals surface area contributed by atoms with E-state index in [0.717, 1.165) is 3.57 Å². The zero-order valence-corrected chi connectivity index (χ0v) is 19.9. The van der Waals surface area contributed by atoms with Crippen LogP contribution in [-0.4, -0.2) is 25.5 Å². The number of nitrogens with one attached hydrogen (secondary N) is 2. The maximum absolute atomic E-state index is 13.1. The lowest BCUT2D eigenvalue weighted by molar-refractivity contribution is -0.113. The zero-order valence-electron chi connectivity index (χ0n) is 17.7. The average Bonchev–Trinajstić information content (AvgIpc) is 2.81. The molecule has 7 heteroatoms. The molecule has 0 aliphatic carbocycles. The fraction of sp³-hybridized carbons (Fsp3) is 0.120. The molecule has 164 valence electrons. The van der Waals surface area contributed by atoms with Gasteiger partial charge >= 0.3 is 0 Å². The maximum Gasteiger partial charge on any atom is 0.272 e. The topological polar surface area (TPSA) is 76.7 Å². The van der Waals surface area contributed by atoms with Crippen molar-refractivity contribution in [1.82, 2.24) is 5.32 Å². The van der Waals surface area contributed by atoms with E-state index in [9.17, 15) is 9.59 Å². The number of benzene rings is 3. The summed E-state index contributed by atoms with van der Waals surface area (Å²) < 4.78 is 12.0. The van der Waals surface area contributed by atoms with Crippen molar-refractivity contribution in [2.45, 2.75) is 6.92 Å². The number of ether oxygens (including phenoxy) is 2. The summed E-state index contributed by atoms with van der Waals surface area (Å²) in [6, 6.07) is 21.4. The van der Waals surface area contributed by atoms with Crippen molar-refractivity contribution in [3.8, 4) is 11.5 Å². The SMILES string of the molecule is CCOc1cc(/C=C(\NC(=O)c2ccccc2)C(=O)Nc2ccc(I)cc2)ccc1OC. The number of carbonyl (C=O) groups is 2. The predicted octanol–water partition coefficient (Wildman–Crippen LogP) is 5.11. The third-order valence-electron chi connectivity index (χ3n) is 4.43. The second-order valence-electron chi connectivity index (χ2n) is 6.68. The van der Waals surface area contributed by atoms with E-state index in [0.29, 0.717) is 34.9 Å². The van der Waals surface area contributed by atoms with Crippen molar-refractivity contribution in [2.24, 2.45) is 0 Å². The molecular weight excluding hydrogens is 519 g/mol. The molecule has 0 unspecified atom stereocenters. The highest BCUT2D eigenvalue weighted by atomic mass is 127. The highest BCUT2D eigenvalue weighted by Crippen LogP contribution is 2.29. The standard InChI is InChI=1S/C25H23IN2O4/c1-3-32-23-16-17(9-14-22(23)31-2)15-21(28-24(29)18-7-5-4-6-8-18)25(30)27-20-12-10-19(26)11-13-20/h4-16H,3H2,1-2H3,(H,27,30)(H,28,29)/b21-15-. The van der Waals surface area contributed by atoms with Gasteiger partial charge in [0.05, 0.1) is 13.7 Å². The Morgan fingerprint density at radius 1 is 0.969 bits per heavy atom. The van der Waals surface area contributed by atoms with Crippen LogP contribution in [0.15, 0.2) is 78.5 Å². The van der Waals surface area contributed by atoms with Gasteiger partial charge in [0.15, 0.2) is 11.5 Å². The molecule has 0 aromatic heterocycles. The molecule has 0 aliphatic heterocycles. The van der Waals surface area contributed by atoms with Gasteiger partial charge in [-0.2, -0.15) is 0 Å². The molecule has 32 heavy (non-hydrogen) atoms. The van der Waals surface area contributed by atoms with Gasteiger partial charge in [0.2, 0.25) is 0 Å². The summed E-state index contributed by atoms with van der Waals surface area (Å²) >= 11 is 2.19. The number of hydrogen-bond donors (Lipinski definition) is 2. The first-order valence-electron chi connectivity index (χ1n) is 9.96. The second-order valence-corrected chi connectivity index (χ2v) is 7.93. The molecule has 0 fully saturated rings. The van der Waals surface area contributed by atoms with E-state index >= 15 is 0 Å². The first kappa shape index (κ1) is 23.3. The lowest BCUT2D eigenvalue weighted by atomic mass is 10.1. The molecule has 6 nitrogen and oxygen atoms in total. The Morgan fingerprint density at radius 2 is 1.69 bits per heavy atom. The average molecular weight is 542 g/mol. The summed E-state index contributed by atoms with van der Waals surface area (Å²) in [5, 5.41) is 5.56. The normalized spacial score (nSPS) is 10.9. The van der Waals surface area contributed by atoms with E-state index in [1.165, 1.54) is 0 Å². The van der Waals surface area contributed by atoms with Gasteiger partial charge in [-0.05, 0) is 89.7 Å². The minimum atomic E-state index is -0.440. The van der Waals surface area contributed by atoms with Crippen molar-refractivity contribution in [1.29, 1.82) is 0 Å². The summed E-state index contributed by atoms with van der Waals surface area (Å²) in [6.07, 6.45) is 1.60. The summed E-state index contributed by atoms with van der Waals surface area (Å²) in [4.78, 5) is 25.8. The van der Waals surface area contributed by atoms with Crippen molar-refractivity contribution in [3.05, 3.63) is 93.2 Å². The van der Waals surface area contributed by atoms with Crippen LogP contribution in [0.4, 0.5) is 5.69 Å². The summed E-state index contributed by atoms with van der Waals surface area (Å²) in [5.41, 5.74) is 1.85. The van der Waals surface area contributed by atoms with E-state index in [1.807, 2.05) is 25.1 Å². The smallest absolute Gasteiger partial charge is 0.272 e. The predicted molar refractivity (Wildman–Crippen MR) is 134 cm³/mol. The first-order valence-corrected chi connectivity index (χ1v) is 11.0. The van der Waals surface area contributed by atoms with E-state index in [1.54, 1.807) is 67.8 Å². The Labute approximate surface area is 200 Å². The van der Waals surface area contributed by atoms with Gasteiger partial charge in [0.25, 0.3) is 11.8 Å². The number of anilines is 1. The minimum Gasteiger partial charge on any atom is -0.493 e. The van der Waals surface area contributed by atoms with Crippen LogP contribution in [0.5, 0.6) is 11.5 Å². The highest BCUT2D eigenvalue weighted by Gasteiger charge is 2.16. The molecule has 0 radical (unpaired) electrons.